The molecule has 1 aromatic heterocycles. The minimum absolute atomic E-state index is 0.254. The molecule has 0 spiro atoms. The molecule has 0 unspecified atom stereocenters. The average molecular weight is 395 g/mol. The Bertz CT molecular complexity index is 764. The molecule has 0 saturated carbocycles. The molecule has 1 aliphatic rings. The first kappa shape index (κ1) is 18.4. The van der Waals surface area contributed by atoms with Crippen molar-refractivity contribution in [3.8, 4) is 0 Å². The molecule has 1 atom stereocenters. The van der Waals surface area contributed by atoms with Gasteiger partial charge in [0.25, 0.3) is 0 Å². The number of rotatable bonds is 4. The fraction of sp³-hybridized carbons (Fsp3) is 0.375. The number of nitrogens with zero attached hydrogens (tertiary/aromatic N) is 4. The van der Waals surface area contributed by atoms with Crippen LogP contribution in [0.15, 0.2) is 29.8 Å². The van der Waals surface area contributed by atoms with E-state index in [4.69, 9.17) is 11.6 Å². The van der Waals surface area contributed by atoms with Crippen LogP contribution in [0.4, 0.5) is 15.6 Å². The molecule has 2 aromatic rings. The summed E-state index contributed by atoms with van der Waals surface area (Å²) in [6.45, 7) is 4.20. The summed E-state index contributed by atoms with van der Waals surface area (Å²) in [7, 11) is 0. The van der Waals surface area contributed by atoms with Gasteiger partial charge in [0.1, 0.15) is 11.6 Å². The molecular weight excluding hydrogens is 376 g/mol. The van der Waals surface area contributed by atoms with Crippen molar-refractivity contribution in [2.24, 2.45) is 0 Å². The molecule has 0 bridgehead atoms. The van der Waals surface area contributed by atoms with Crippen LogP contribution in [-0.4, -0.2) is 59.3 Å². The predicted octanol–water partition coefficient (Wildman–Crippen LogP) is 2.05. The molecule has 1 aliphatic heterocycles. The highest BCUT2D eigenvalue weighted by Gasteiger charge is 2.24. The quantitative estimate of drug-likeness (QED) is 0.828. The zero-order chi connectivity index (χ0) is 18.5. The number of piperazine rings is 1. The summed E-state index contributed by atoms with van der Waals surface area (Å²) in [5.41, 5.74) is 2.57. The molecule has 0 radical (unpaired) electrons. The molecular formula is C16H19ClN6O2S. The van der Waals surface area contributed by atoms with E-state index in [9.17, 15) is 9.59 Å². The molecule has 8 nitrogen and oxygen atoms in total. The maximum atomic E-state index is 12.4. The Kier molecular flexibility index (Phi) is 5.89. The molecule has 3 rings (SSSR count). The van der Waals surface area contributed by atoms with Crippen LogP contribution < -0.4 is 15.5 Å². The van der Waals surface area contributed by atoms with E-state index in [0.29, 0.717) is 36.3 Å². The first-order valence-corrected chi connectivity index (χ1v) is 9.41. The van der Waals surface area contributed by atoms with Crippen LogP contribution in [0.25, 0.3) is 0 Å². The van der Waals surface area contributed by atoms with Crippen LogP contribution in [0.2, 0.25) is 5.02 Å². The van der Waals surface area contributed by atoms with Gasteiger partial charge in [-0.2, -0.15) is 0 Å². The summed E-state index contributed by atoms with van der Waals surface area (Å²) in [6, 6.07) is 6.74. The summed E-state index contributed by atoms with van der Waals surface area (Å²) in [5, 5.41) is 13.8. The van der Waals surface area contributed by atoms with Gasteiger partial charge in [-0.15, -0.1) is 10.2 Å². The molecule has 2 N–H and O–H groups in total. The van der Waals surface area contributed by atoms with Crippen LogP contribution >= 0.6 is 22.9 Å². The number of anilines is 2. The number of halogens is 1. The Morgan fingerprint density at radius 1 is 1.27 bits per heavy atom. The first-order chi connectivity index (χ1) is 12.5. The topological polar surface area (TPSA) is 90.5 Å². The zero-order valence-electron chi connectivity index (χ0n) is 14.2. The Labute approximate surface area is 160 Å². The normalized spacial score (nSPS) is 15.5. The van der Waals surface area contributed by atoms with Gasteiger partial charge in [0.05, 0.1) is 0 Å². The lowest BCUT2D eigenvalue weighted by Gasteiger charge is -2.36. The van der Waals surface area contributed by atoms with E-state index in [1.165, 1.54) is 16.8 Å². The maximum Gasteiger partial charge on any atom is 0.318 e. The van der Waals surface area contributed by atoms with E-state index in [-0.39, 0.29) is 11.9 Å². The number of nitrogens with one attached hydrogen (secondary N) is 2. The van der Waals surface area contributed by atoms with Crippen molar-refractivity contribution >= 4 is 45.7 Å². The lowest BCUT2D eigenvalue weighted by Crippen LogP contribution is -2.54. The monoisotopic (exact) mass is 394 g/mol. The number of carbonyl (C=O) groups is 2. The molecule has 138 valence electrons. The van der Waals surface area contributed by atoms with E-state index in [2.05, 4.69) is 25.7 Å². The molecule has 1 fully saturated rings. The SMILES string of the molecule is C[C@H](NC(=O)N1CCN(c2cccc(Cl)c2)CC1)C(=O)Nc1nncs1. The van der Waals surface area contributed by atoms with Gasteiger partial charge >= 0.3 is 6.03 Å². The van der Waals surface area contributed by atoms with Gasteiger partial charge in [0.15, 0.2) is 0 Å². The van der Waals surface area contributed by atoms with E-state index in [1.807, 2.05) is 24.3 Å². The largest absolute Gasteiger partial charge is 0.368 e. The van der Waals surface area contributed by atoms with Crippen LogP contribution in [0, 0.1) is 0 Å². The average Bonchev–Trinajstić information content (AvgIpc) is 3.14. The first-order valence-electron chi connectivity index (χ1n) is 8.16. The van der Waals surface area contributed by atoms with Crippen molar-refractivity contribution in [3.63, 3.8) is 0 Å². The Morgan fingerprint density at radius 3 is 2.69 bits per heavy atom. The Hall–Kier alpha value is -2.39. The maximum absolute atomic E-state index is 12.4. The lowest BCUT2D eigenvalue weighted by molar-refractivity contribution is -0.117. The molecule has 1 saturated heterocycles. The lowest BCUT2D eigenvalue weighted by atomic mass is 10.2. The minimum Gasteiger partial charge on any atom is -0.368 e. The second kappa shape index (κ2) is 8.33. The number of urea groups is 1. The van der Waals surface area contributed by atoms with Crippen molar-refractivity contribution < 1.29 is 9.59 Å². The number of hydrogen-bond acceptors (Lipinski definition) is 6. The predicted molar refractivity (Wildman–Crippen MR) is 102 cm³/mol. The van der Waals surface area contributed by atoms with E-state index >= 15 is 0 Å². The van der Waals surface area contributed by atoms with Gasteiger partial charge in [0.2, 0.25) is 11.0 Å². The van der Waals surface area contributed by atoms with Crippen LogP contribution in [-0.2, 0) is 4.79 Å². The van der Waals surface area contributed by atoms with Gasteiger partial charge in [-0.25, -0.2) is 4.79 Å². The summed E-state index contributed by atoms with van der Waals surface area (Å²) < 4.78 is 0. The zero-order valence-corrected chi connectivity index (χ0v) is 15.8. The molecule has 3 amide bonds. The number of aromatic nitrogens is 2. The second-order valence-electron chi connectivity index (χ2n) is 5.86. The van der Waals surface area contributed by atoms with Crippen LogP contribution in [0.1, 0.15) is 6.92 Å². The molecule has 1 aromatic carbocycles. The highest BCUT2D eigenvalue weighted by molar-refractivity contribution is 7.13. The standard InChI is InChI=1S/C16H19ClN6O2S/c1-11(14(24)20-15-21-18-10-26-15)19-16(25)23-7-5-22(6-8-23)13-4-2-3-12(17)9-13/h2-4,9-11H,5-8H2,1H3,(H,19,25)(H,20,21,24)/t11-/m0/s1. The number of hydrogen-bond donors (Lipinski definition) is 2. The van der Waals surface area contributed by atoms with E-state index in [0.717, 1.165) is 5.69 Å². The third-order valence-corrected chi connectivity index (χ3v) is 4.91. The Morgan fingerprint density at radius 2 is 2.04 bits per heavy atom. The Balaban J connectivity index is 1.48. The van der Waals surface area contributed by atoms with Crippen molar-refractivity contribution in [1.82, 2.24) is 20.4 Å². The fourth-order valence-corrected chi connectivity index (χ4v) is 3.26. The van der Waals surface area contributed by atoms with Gasteiger partial charge in [-0.3, -0.25) is 10.1 Å². The number of amides is 3. The smallest absolute Gasteiger partial charge is 0.318 e. The van der Waals surface area contributed by atoms with Crippen molar-refractivity contribution in [3.05, 3.63) is 34.8 Å². The molecule has 26 heavy (non-hydrogen) atoms. The van der Waals surface area contributed by atoms with Crippen molar-refractivity contribution in [2.45, 2.75) is 13.0 Å². The summed E-state index contributed by atoms with van der Waals surface area (Å²) >= 11 is 7.26. The van der Waals surface area contributed by atoms with Crippen molar-refractivity contribution in [2.75, 3.05) is 36.4 Å². The highest BCUT2D eigenvalue weighted by Crippen LogP contribution is 2.20. The van der Waals surface area contributed by atoms with E-state index in [1.54, 1.807) is 11.8 Å². The van der Waals surface area contributed by atoms with Crippen LogP contribution in [0.5, 0.6) is 0 Å². The van der Waals surface area contributed by atoms with Crippen LogP contribution in [0.3, 0.4) is 0 Å². The third-order valence-electron chi connectivity index (χ3n) is 4.06. The summed E-state index contributed by atoms with van der Waals surface area (Å²) in [4.78, 5) is 28.3. The fourth-order valence-electron chi connectivity index (χ4n) is 2.62. The summed E-state index contributed by atoms with van der Waals surface area (Å²) in [5.74, 6) is -0.326. The van der Waals surface area contributed by atoms with Crippen molar-refractivity contribution in [1.29, 1.82) is 0 Å². The highest BCUT2D eigenvalue weighted by atomic mass is 35.5. The third kappa shape index (κ3) is 4.61. The number of benzene rings is 1. The van der Waals surface area contributed by atoms with E-state index < -0.39 is 6.04 Å². The minimum atomic E-state index is -0.669. The van der Waals surface area contributed by atoms with Gasteiger partial charge in [0, 0.05) is 36.9 Å². The molecule has 0 aliphatic carbocycles. The summed E-state index contributed by atoms with van der Waals surface area (Å²) in [6.07, 6.45) is 0. The van der Waals surface area contributed by atoms with Gasteiger partial charge in [-0.05, 0) is 25.1 Å². The number of carbonyl (C=O) groups excluding carboxylic acids is 2. The second-order valence-corrected chi connectivity index (χ2v) is 7.13. The molecule has 2 heterocycles. The van der Waals surface area contributed by atoms with Gasteiger partial charge in [-0.1, -0.05) is 29.0 Å². The molecule has 10 heteroatoms. The van der Waals surface area contributed by atoms with Gasteiger partial charge < -0.3 is 15.1 Å².